The van der Waals surface area contributed by atoms with Crippen molar-refractivity contribution in [3.05, 3.63) is 64.7 Å². The minimum absolute atomic E-state index is 0.000133. The minimum atomic E-state index is -3.61. The van der Waals surface area contributed by atoms with Crippen LogP contribution in [0.4, 0.5) is 4.39 Å². The fourth-order valence-corrected chi connectivity index (χ4v) is 5.42. The largest absolute Gasteiger partial charge is 0.334 e. The normalized spacial score (nSPS) is 16.2. The Balaban J connectivity index is 1.47. The van der Waals surface area contributed by atoms with E-state index in [1.165, 1.54) is 16.4 Å². The molecule has 0 spiro atoms. The van der Waals surface area contributed by atoms with Crippen molar-refractivity contribution in [3.63, 3.8) is 0 Å². The summed E-state index contributed by atoms with van der Waals surface area (Å²) in [7, 11) is -3.61. The second-order valence-corrected chi connectivity index (χ2v) is 9.32. The highest BCUT2D eigenvalue weighted by Crippen LogP contribution is 2.32. The smallest absolute Gasteiger partial charge is 0.257 e. The molecule has 2 aromatic carbocycles. The van der Waals surface area contributed by atoms with Crippen LogP contribution in [0.5, 0.6) is 0 Å². The maximum atomic E-state index is 13.1. The minimum Gasteiger partial charge on any atom is -0.334 e. The number of benzene rings is 2. The number of hydrogen-bond donors (Lipinski definition) is 0. The molecule has 152 valence electrons. The van der Waals surface area contributed by atoms with E-state index in [1.54, 1.807) is 37.3 Å². The van der Waals surface area contributed by atoms with Crippen molar-refractivity contribution in [2.24, 2.45) is 0 Å². The zero-order valence-electron chi connectivity index (χ0n) is 15.7. The van der Waals surface area contributed by atoms with Crippen LogP contribution in [-0.2, 0) is 10.0 Å². The van der Waals surface area contributed by atoms with Crippen molar-refractivity contribution < 1.29 is 17.3 Å². The zero-order valence-corrected chi connectivity index (χ0v) is 17.3. The van der Waals surface area contributed by atoms with Crippen LogP contribution in [0.2, 0.25) is 5.02 Å². The van der Waals surface area contributed by atoms with Crippen molar-refractivity contribution >= 4 is 21.6 Å². The van der Waals surface area contributed by atoms with E-state index in [-0.39, 0.29) is 16.6 Å². The summed E-state index contributed by atoms with van der Waals surface area (Å²) in [4.78, 5) is 4.66. The van der Waals surface area contributed by atoms with Gasteiger partial charge in [-0.15, -0.1) is 0 Å². The molecule has 0 amide bonds. The third kappa shape index (κ3) is 3.92. The Morgan fingerprint density at radius 2 is 1.83 bits per heavy atom. The highest BCUT2D eigenvalue weighted by Gasteiger charge is 2.32. The molecule has 0 atom stereocenters. The molecule has 0 N–H and O–H groups in total. The Morgan fingerprint density at radius 1 is 1.14 bits per heavy atom. The van der Waals surface area contributed by atoms with Crippen LogP contribution >= 0.6 is 11.6 Å². The molecular weight excluding hydrogens is 417 g/mol. The van der Waals surface area contributed by atoms with Crippen molar-refractivity contribution in [3.8, 4) is 11.5 Å². The van der Waals surface area contributed by atoms with E-state index in [0.717, 1.165) is 0 Å². The monoisotopic (exact) mass is 435 g/mol. The second-order valence-electron chi connectivity index (χ2n) is 7.01. The van der Waals surface area contributed by atoms with Crippen molar-refractivity contribution in [1.82, 2.24) is 14.4 Å². The van der Waals surface area contributed by atoms with Crippen LogP contribution in [0.15, 0.2) is 51.9 Å². The Kier molecular flexibility index (Phi) is 5.42. The van der Waals surface area contributed by atoms with Gasteiger partial charge in [0.2, 0.25) is 10.0 Å². The van der Waals surface area contributed by atoms with Crippen LogP contribution < -0.4 is 0 Å². The molecule has 1 aliphatic rings. The van der Waals surface area contributed by atoms with Gasteiger partial charge in [-0.05, 0) is 61.7 Å². The lowest BCUT2D eigenvalue weighted by molar-refractivity contribution is 0.307. The Hall–Kier alpha value is -2.29. The van der Waals surface area contributed by atoms with Gasteiger partial charge in [-0.3, -0.25) is 0 Å². The van der Waals surface area contributed by atoms with Crippen LogP contribution in [0.1, 0.15) is 30.1 Å². The molecule has 29 heavy (non-hydrogen) atoms. The maximum absolute atomic E-state index is 13.1. The molecule has 1 saturated heterocycles. The molecule has 0 unspecified atom stereocenters. The molecule has 4 rings (SSSR count). The fourth-order valence-electron chi connectivity index (χ4n) is 3.47. The fraction of sp³-hybridized carbons (Fsp3) is 0.300. The van der Waals surface area contributed by atoms with Crippen LogP contribution in [0, 0.1) is 12.7 Å². The molecule has 0 aliphatic carbocycles. The molecule has 1 aromatic heterocycles. The van der Waals surface area contributed by atoms with Gasteiger partial charge in [0.1, 0.15) is 5.82 Å². The van der Waals surface area contributed by atoms with Gasteiger partial charge < -0.3 is 4.52 Å². The first-order valence-electron chi connectivity index (χ1n) is 9.21. The molecule has 1 aliphatic heterocycles. The predicted molar refractivity (Wildman–Crippen MR) is 107 cm³/mol. The van der Waals surface area contributed by atoms with Crippen LogP contribution in [-0.4, -0.2) is 36.0 Å². The Labute approximate surface area is 173 Å². The predicted octanol–water partition coefficient (Wildman–Crippen LogP) is 4.41. The van der Waals surface area contributed by atoms with Gasteiger partial charge in [-0.1, -0.05) is 22.8 Å². The van der Waals surface area contributed by atoms with E-state index < -0.39 is 10.0 Å². The third-order valence-electron chi connectivity index (χ3n) is 5.19. The highest BCUT2D eigenvalue weighted by molar-refractivity contribution is 7.89. The topological polar surface area (TPSA) is 76.3 Å². The van der Waals surface area contributed by atoms with Gasteiger partial charge in [-0.25, -0.2) is 12.8 Å². The summed E-state index contributed by atoms with van der Waals surface area (Å²) in [5.74, 6) is 0.529. The van der Waals surface area contributed by atoms with Crippen LogP contribution in [0.3, 0.4) is 0 Å². The summed E-state index contributed by atoms with van der Waals surface area (Å²) in [5.41, 5.74) is 1.19. The molecule has 0 saturated carbocycles. The SMILES string of the molecule is Cc1c(Cl)cccc1S(=O)(=O)N1CCC(c2noc(-c3ccc(F)cc3)n2)CC1. The molecule has 2 heterocycles. The lowest BCUT2D eigenvalue weighted by Gasteiger charge is -2.30. The highest BCUT2D eigenvalue weighted by atomic mass is 35.5. The molecule has 9 heteroatoms. The number of nitrogens with zero attached hydrogens (tertiary/aromatic N) is 3. The average Bonchev–Trinajstić information content (AvgIpc) is 3.21. The number of rotatable bonds is 4. The summed E-state index contributed by atoms with van der Waals surface area (Å²) in [6, 6.07) is 10.7. The number of hydrogen-bond acceptors (Lipinski definition) is 5. The average molecular weight is 436 g/mol. The third-order valence-corrected chi connectivity index (χ3v) is 7.64. The van der Waals surface area contributed by atoms with E-state index in [4.69, 9.17) is 16.1 Å². The molecule has 0 bridgehead atoms. The lowest BCUT2D eigenvalue weighted by Crippen LogP contribution is -2.38. The zero-order chi connectivity index (χ0) is 20.6. The summed E-state index contributed by atoms with van der Waals surface area (Å²) in [6.45, 7) is 2.43. The van der Waals surface area contributed by atoms with Crippen molar-refractivity contribution in [2.45, 2.75) is 30.6 Å². The Morgan fingerprint density at radius 3 is 2.52 bits per heavy atom. The number of sulfonamides is 1. The number of piperidine rings is 1. The van der Waals surface area contributed by atoms with Gasteiger partial charge in [0.15, 0.2) is 5.82 Å². The first-order valence-corrected chi connectivity index (χ1v) is 11.0. The molecule has 0 radical (unpaired) electrons. The molecule has 1 fully saturated rings. The van der Waals surface area contributed by atoms with Crippen molar-refractivity contribution in [1.29, 1.82) is 0 Å². The van der Waals surface area contributed by atoms with E-state index in [0.29, 0.717) is 53.8 Å². The summed E-state index contributed by atoms with van der Waals surface area (Å²) >= 11 is 6.09. The molecule has 3 aromatic rings. The molecular formula is C20H19ClFN3O3S. The molecule has 6 nitrogen and oxygen atoms in total. The standard InChI is InChI=1S/C20H19ClFN3O3S/c1-13-17(21)3-2-4-18(13)29(26,27)25-11-9-14(10-12-25)19-23-20(28-24-19)15-5-7-16(22)8-6-15/h2-8,14H,9-12H2,1H3. The van der Waals surface area contributed by atoms with Gasteiger partial charge in [0.25, 0.3) is 5.89 Å². The van der Waals surface area contributed by atoms with Gasteiger partial charge in [0, 0.05) is 29.6 Å². The number of aromatic nitrogens is 2. The summed E-state index contributed by atoms with van der Waals surface area (Å²) in [5, 5.41) is 4.48. The van der Waals surface area contributed by atoms with Gasteiger partial charge in [-0.2, -0.15) is 9.29 Å². The number of halogens is 2. The van der Waals surface area contributed by atoms with E-state index in [1.807, 2.05) is 0 Å². The van der Waals surface area contributed by atoms with Gasteiger partial charge in [0.05, 0.1) is 4.90 Å². The van der Waals surface area contributed by atoms with E-state index in [2.05, 4.69) is 10.1 Å². The lowest BCUT2D eigenvalue weighted by atomic mass is 9.97. The van der Waals surface area contributed by atoms with Crippen molar-refractivity contribution in [2.75, 3.05) is 13.1 Å². The van der Waals surface area contributed by atoms with Gasteiger partial charge >= 0.3 is 0 Å². The maximum Gasteiger partial charge on any atom is 0.257 e. The first kappa shape index (κ1) is 20.0. The quantitative estimate of drug-likeness (QED) is 0.606. The summed E-state index contributed by atoms with van der Waals surface area (Å²) < 4.78 is 45.9. The summed E-state index contributed by atoms with van der Waals surface area (Å²) in [6.07, 6.45) is 1.17. The van der Waals surface area contributed by atoms with Crippen LogP contribution in [0.25, 0.3) is 11.5 Å². The van der Waals surface area contributed by atoms with E-state index >= 15 is 0 Å². The van der Waals surface area contributed by atoms with E-state index in [9.17, 15) is 12.8 Å². The first-order chi connectivity index (χ1) is 13.9. The Bertz CT molecular complexity index is 1120. The second kappa shape index (κ2) is 7.85.